The van der Waals surface area contributed by atoms with Gasteiger partial charge in [0.15, 0.2) is 11.6 Å². The van der Waals surface area contributed by atoms with Crippen molar-refractivity contribution in [2.75, 3.05) is 5.43 Å². The molecule has 0 saturated heterocycles. The average molecular weight is 282 g/mol. The first kappa shape index (κ1) is 13.6. The molecule has 2 aromatic rings. The van der Waals surface area contributed by atoms with E-state index in [1.54, 1.807) is 37.3 Å². The molecule has 0 aliphatic carbocycles. The third-order valence-electron chi connectivity index (χ3n) is 2.59. The van der Waals surface area contributed by atoms with E-state index in [1.807, 2.05) is 0 Å². The van der Waals surface area contributed by atoms with Crippen molar-refractivity contribution in [1.29, 1.82) is 0 Å². The van der Waals surface area contributed by atoms with E-state index in [1.165, 1.54) is 0 Å². The number of anilines is 1. The van der Waals surface area contributed by atoms with Crippen LogP contribution in [0.4, 0.5) is 10.2 Å². The Morgan fingerprint density at radius 3 is 2.89 bits per heavy atom. The second-order valence-electron chi connectivity index (χ2n) is 3.95. The third-order valence-corrected chi connectivity index (χ3v) is 2.93. The van der Waals surface area contributed by atoms with Crippen molar-refractivity contribution in [3.05, 3.63) is 52.4 Å². The number of nitrogens with one attached hydrogen (secondary N) is 1. The SMILES string of the molecule is Cc1cccc(OCc2nc(NN)ccc2Cl)c1F. The Kier molecular flexibility index (Phi) is 4.19. The zero-order valence-electron chi connectivity index (χ0n) is 10.3. The summed E-state index contributed by atoms with van der Waals surface area (Å²) < 4.78 is 19.1. The number of hydrogen-bond acceptors (Lipinski definition) is 4. The number of pyridine rings is 1. The Balaban J connectivity index is 2.16. The van der Waals surface area contributed by atoms with Gasteiger partial charge in [-0.2, -0.15) is 0 Å². The lowest BCUT2D eigenvalue weighted by Crippen LogP contribution is -2.10. The van der Waals surface area contributed by atoms with Gasteiger partial charge in [0.1, 0.15) is 12.4 Å². The number of nitrogens with two attached hydrogens (primary N) is 1. The second kappa shape index (κ2) is 5.86. The predicted octanol–water partition coefficient (Wildman–Crippen LogP) is 3.05. The smallest absolute Gasteiger partial charge is 0.167 e. The van der Waals surface area contributed by atoms with Crippen LogP contribution < -0.4 is 16.0 Å². The van der Waals surface area contributed by atoms with Gasteiger partial charge in [-0.15, -0.1) is 0 Å². The van der Waals surface area contributed by atoms with Crippen LogP contribution in [0.1, 0.15) is 11.3 Å². The minimum Gasteiger partial charge on any atom is -0.484 e. The highest BCUT2D eigenvalue weighted by Gasteiger charge is 2.09. The number of hydrazine groups is 1. The van der Waals surface area contributed by atoms with Crippen LogP contribution in [0.3, 0.4) is 0 Å². The van der Waals surface area contributed by atoms with Gasteiger partial charge in [0, 0.05) is 0 Å². The molecule has 1 aromatic heterocycles. The minimum atomic E-state index is -0.383. The summed E-state index contributed by atoms with van der Waals surface area (Å²) in [4.78, 5) is 4.14. The molecule has 0 unspecified atom stereocenters. The lowest BCUT2D eigenvalue weighted by Gasteiger charge is -2.10. The molecule has 0 aliphatic heterocycles. The first-order valence-corrected chi connectivity index (χ1v) is 5.99. The number of benzene rings is 1. The van der Waals surface area contributed by atoms with Crippen LogP contribution in [0.25, 0.3) is 0 Å². The van der Waals surface area contributed by atoms with Gasteiger partial charge in [-0.25, -0.2) is 15.2 Å². The van der Waals surface area contributed by atoms with Crippen molar-refractivity contribution >= 4 is 17.4 Å². The maximum Gasteiger partial charge on any atom is 0.167 e. The largest absolute Gasteiger partial charge is 0.484 e. The van der Waals surface area contributed by atoms with Gasteiger partial charge in [-0.3, -0.25) is 0 Å². The number of rotatable bonds is 4. The Morgan fingerprint density at radius 1 is 1.37 bits per heavy atom. The molecule has 3 N–H and O–H groups in total. The first-order chi connectivity index (χ1) is 9.11. The Hall–Kier alpha value is -1.85. The van der Waals surface area contributed by atoms with Crippen molar-refractivity contribution in [2.45, 2.75) is 13.5 Å². The van der Waals surface area contributed by atoms with Gasteiger partial charge >= 0.3 is 0 Å². The molecule has 19 heavy (non-hydrogen) atoms. The molecule has 0 amide bonds. The van der Waals surface area contributed by atoms with Crippen molar-refractivity contribution in [2.24, 2.45) is 5.84 Å². The van der Waals surface area contributed by atoms with E-state index in [9.17, 15) is 4.39 Å². The topological polar surface area (TPSA) is 60.2 Å². The highest BCUT2D eigenvalue weighted by atomic mass is 35.5. The molecular formula is C13H13ClFN3O. The molecule has 0 saturated carbocycles. The average Bonchev–Trinajstić information content (AvgIpc) is 2.42. The van der Waals surface area contributed by atoms with E-state index in [-0.39, 0.29) is 18.2 Å². The molecule has 0 atom stereocenters. The lowest BCUT2D eigenvalue weighted by molar-refractivity contribution is 0.285. The quantitative estimate of drug-likeness (QED) is 0.668. The van der Waals surface area contributed by atoms with E-state index in [2.05, 4.69) is 10.4 Å². The second-order valence-corrected chi connectivity index (χ2v) is 4.35. The summed E-state index contributed by atoms with van der Waals surface area (Å²) in [5, 5.41) is 0.437. The highest BCUT2D eigenvalue weighted by molar-refractivity contribution is 6.31. The molecule has 4 nitrogen and oxygen atoms in total. The van der Waals surface area contributed by atoms with Gasteiger partial charge < -0.3 is 10.2 Å². The first-order valence-electron chi connectivity index (χ1n) is 5.61. The van der Waals surface area contributed by atoms with Crippen LogP contribution in [0.2, 0.25) is 5.02 Å². The van der Waals surface area contributed by atoms with Crippen molar-refractivity contribution in [3.8, 4) is 5.75 Å². The van der Waals surface area contributed by atoms with Crippen molar-refractivity contribution < 1.29 is 9.13 Å². The Labute approximate surface area is 115 Å². The van der Waals surface area contributed by atoms with Crippen LogP contribution in [-0.4, -0.2) is 4.98 Å². The number of aromatic nitrogens is 1. The number of nitrogen functional groups attached to an aromatic ring is 1. The van der Waals surface area contributed by atoms with Gasteiger partial charge in [0.05, 0.1) is 10.7 Å². The fraction of sp³-hybridized carbons (Fsp3) is 0.154. The van der Waals surface area contributed by atoms with E-state index in [0.717, 1.165) is 0 Å². The van der Waals surface area contributed by atoms with E-state index in [4.69, 9.17) is 22.2 Å². The molecule has 0 aliphatic rings. The zero-order chi connectivity index (χ0) is 13.8. The van der Waals surface area contributed by atoms with E-state index in [0.29, 0.717) is 22.1 Å². The summed E-state index contributed by atoms with van der Waals surface area (Å²) in [6.07, 6.45) is 0. The lowest BCUT2D eigenvalue weighted by atomic mass is 10.2. The Bertz CT molecular complexity index is 592. The molecule has 1 aromatic carbocycles. The zero-order valence-corrected chi connectivity index (χ0v) is 11.0. The maximum atomic E-state index is 13.7. The normalized spacial score (nSPS) is 10.3. The molecular weight excluding hydrogens is 269 g/mol. The Morgan fingerprint density at radius 2 is 2.16 bits per heavy atom. The van der Waals surface area contributed by atoms with Crippen LogP contribution >= 0.6 is 11.6 Å². The van der Waals surface area contributed by atoms with Gasteiger partial charge in [0.25, 0.3) is 0 Å². The number of halogens is 2. The molecule has 2 rings (SSSR count). The highest BCUT2D eigenvalue weighted by Crippen LogP contribution is 2.22. The van der Waals surface area contributed by atoms with E-state index < -0.39 is 0 Å². The molecule has 0 radical (unpaired) electrons. The predicted molar refractivity (Wildman–Crippen MR) is 72.5 cm³/mol. The third kappa shape index (κ3) is 3.13. The minimum absolute atomic E-state index is 0.0642. The molecule has 0 bridgehead atoms. The molecule has 6 heteroatoms. The number of aryl methyl sites for hydroxylation is 1. The molecule has 0 fully saturated rings. The summed E-state index contributed by atoms with van der Waals surface area (Å²) in [6, 6.07) is 8.24. The summed E-state index contributed by atoms with van der Waals surface area (Å²) in [7, 11) is 0. The van der Waals surface area contributed by atoms with Crippen LogP contribution in [0, 0.1) is 12.7 Å². The van der Waals surface area contributed by atoms with Crippen molar-refractivity contribution in [1.82, 2.24) is 4.98 Å². The molecule has 1 heterocycles. The summed E-state index contributed by atoms with van der Waals surface area (Å²) in [6.45, 7) is 1.74. The summed E-state index contributed by atoms with van der Waals surface area (Å²) in [5.41, 5.74) is 3.42. The number of hydrogen-bond donors (Lipinski definition) is 2. The van der Waals surface area contributed by atoms with Gasteiger partial charge in [-0.05, 0) is 30.7 Å². The summed E-state index contributed by atoms with van der Waals surface area (Å²) in [5.74, 6) is 5.52. The van der Waals surface area contributed by atoms with Gasteiger partial charge in [0.2, 0.25) is 0 Å². The number of ether oxygens (including phenoxy) is 1. The molecule has 100 valence electrons. The number of nitrogens with zero attached hydrogens (tertiary/aromatic N) is 1. The summed E-state index contributed by atoms with van der Waals surface area (Å²) >= 11 is 5.99. The van der Waals surface area contributed by atoms with Crippen LogP contribution in [0.15, 0.2) is 30.3 Å². The van der Waals surface area contributed by atoms with Crippen LogP contribution in [0.5, 0.6) is 5.75 Å². The standard InChI is InChI=1S/C13H13ClFN3O/c1-8-3-2-4-11(13(8)15)19-7-10-9(14)5-6-12(17-10)18-16/h2-6H,7,16H2,1H3,(H,17,18). The van der Waals surface area contributed by atoms with Gasteiger partial charge in [-0.1, -0.05) is 23.7 Å². The van der Waals surface area contributed by atoms with Crippen LogP contribution in [-0.2, 0) is 6.61 Å². The fourth-order valence-corrected chi connectivity index (χ4v) is 1.70. The maximum absolute atomic E-state index is 13.7. The monoisotopic (exact) mass is 281 g/mol. The molecule has 0 spiro atoms. The van der Waals surface area contributed by atoms with E-state index >= 15 is 0 Å². The van der Waals surface area contributed by atoms with Crippen molar-refractivity contribution in [3.63, 3.8) is 0 Å². The fourth-order valence-electron chi connectivity index (χ4n) is 1.54.